The van der Waals surface area contributed by atoms with E-state index in [-0.39, 0.29) is 42.2 Å². The minimum atomic E-state index is -1.81. The molecule has 0 radical (unpaired) electrons. The van der Waals surface area contributed by atoms with Gasteiger partial charge in [0.2, 0.25) is 0 Å². The molecule has 0 heterocycles. The van der Waals surface area contributed by atoms with E-state index in [4.69, 9.17) is 10.2 Å². The molecule has 8 heteroatoms. The molecule has 0 fully saturated rings. The Kier molecular flexibility index (Phi) is 18.8. The first-order chi connectivity index (χ1) is 25.5. The summed E-state index contributed by atoms with van der Waals surface area (Å²) < 4.78 is 0. The monoisotopic (exact) mass is 840 g/mol. The average molecular weight is 842 g/mol. The molecule has 0 aliphatic rings. The van der Waals surface area contributed by atoms with Crippen LogP contribution in [0.5, 0.6) is 0 Å². The highest BCUT2D eigenvalue weighted by Crippen LogP contribution is 2.57. The molecule has 0 saturated heterocycles. The lowest BCUT2D eigenvalue weighted by Gasteiger charge is -2.27. The van der Waals surface area contributed by atoms with Crippen LogP contribution in [0, 0.1) is 0 Å². The predicted octanol–water partition coefficient (Wildman–Crippen LogP) is 2.48. The summed E-state index contributed by atoms with van der Waals surface area (Å²) in [6.07, 6.45) is 5.66. The number of halogens is 2. The van der Waals surface area contributed by atoms with Crippen molar-refractivity contribution in [3.8, 4) is 0 Å². The lowest BCUT2D eigenvalue weighted by molar-refractivity contribution is -0.138. The van der Waals surface area contributed by atoms with Gasteiger partial charge in [-0.2, -0.15) is 0 Å². The summed E-state index contributed by atoms with van der Waals surface area (Å²) in [6, 6.07) is 64.3. The zero-order valence-electron chi connectivity index (χ0n) is 30.3. The van der Waals surface area contributed by atoms with Crippen LogP contribution in [0.25, 0.3) is 0 Å². The number of carboxylic acids is 2. The van der Waals surface area contributed by atoms with Gasteiger partial charge in [0.1, 0.15) is 46.4 Å². The summed E-state index contributed by atoms with van der Waals surface area (Å²) in [4.78, 5) is 21.9. The first-order valence-electron chi connectivity index (χ1n) is 18.0. The first kappa shape index (κ1) is 44.3. The van der Waals surface area contributed by atoms with Crippen LogP contribution in [0.1, 0.15) is 38.5 Å². The van der Waals surface area contributed by atoms with Gasteiger partial charge in [-0.25, -0.2) is 0 Å². The lowest BCUT2D eigenvalue weighted by Crippen LogP contribution is -3.00. The van der Waals surface area contributed by atoms with Gasteiger partial charge in [0.15, 0.2) is 0 Å². The molecule has 6 rings (SSSR count). The normalized spacial score (nSPS) is 10.8. The number of hydrogen-bond donors (Lipinski definition) is 2. The van der Waals surface area contributed by atoms with Gasteiger partial charge >= 0.3 is 11.9 Å². The summed E-state index contributed by atoms with van der Waals surface area (Å²) in [5.41, 5.74) is 0. The lowest BCUT2D eigenvalue weighted by atomic mass is 10.2. The van der Waals surface area contributed by atoms with E-state index in [1.165, 1.54) is 31.8 Å². The van der Waals surface area contributed by atoms with E-state index in [2.05, 4.69) is 182 Å². The quantitative estimate of drug-likeness (QED) is 0.116. The van der Waals surface area contributed by atoms with Gasteiger partial charge in [0, 0.05) is 12.8 Å². The van der Waals surface area contributed by atoms with Crippen LogP contribution >= 0.6 is 14.5 Å². The van der Waals surface area contributed by atoms with E-state index in [9.17, 15) is 9.59 Å². The second kappa shape index (κ2) is 23.0. The Hall–Kier alpha value is -4.11. The van der Waals surface area contributed by atoms with Crippen molar-refractivity contribution in [1.82, 2.24) is 0 Å². The number of unbranched alkanes of at least 4 members (excludes halogenated alkanes) is 2. The highest BCUT2D eigenvalue weighted by Gasteiger charge is 2.45. The Morgan fingerprint density at radius 1 is 0.352 bits per heavy atom. The van der Waals surface area contributed by atoms with Gasteiger partial charge in [-0.3, -0.25) is 9.59 Å². The minimum Gasteiger partial charge on any atom is -1.00 e. The second-order valence-corrected chi connectivity index (χ2v) is 20.0. The maximum absolute atomic E-state index is 10.9. The van der Waals surface area contributed by atoms with E-state index < -0.39 is 26.5 Å². The van der Waals surface area contributed by atoms with Crippen LogP contribution in [-0.4, -0.2) is 34.5 Å². The maximum atomic E-state index is 10.9. The molecule has 0 aliphatic carbocycles. The molecule has 6 aromatic carbocycles. The Balaban J connectivity index is 0.000000280. The number of carboxylic acid groups (broad SMARTS) is 2. The molecule has 0 aromatic heterocycles. The average Bonchev–Trinajstić information content (AvgIpc) is 3.20. The van der Waals surface area contributed by atoms with Crippen molar-refractivity contribution < 1.29 is 49.2 Å². The van der Waals surface area contributed by atoms with Gasteiger partial charge in [-0.05, 0) is 98.5 Å². The molecule has 2 N–H and O–H groups in total. The third-order valence-electron chi connectivity index (χ3n) is 9.45. The van der Waals surface area contributed by atoms with Crippen LogP contribution in [0.2, 0.25) is 0 Å². The largest absolute Gasteiger partial charge is 1.00 e. The summed E-state index contributed by atoms with van der Waals surface area (Å²) in [5, 5.41) is 26.1. The van der Waals surface area contributed by atoms with E-state index in [0.29, 0.717) is 12.8 Å². The summed E-state index contributed by atoms with van der Waals surface area (Å²) in [7, 11) is -3.61. The van der Waals surface area contributed by atoms with E-state index in [1.54, 1.807) is 0 Å². The third kappa shape index (κ3) is 11.5. The van der Waals surface area contributed by atoms with E-state index in [1.807, 2.05) is 0 Å². The molecule has 0 bridgehead atoms. The molecule has 0 spiro atoms. The van der Waals surface area contributed by atoms with Gasteiger partial charge < -0.3 is 39.6 Å². The van der Waals surface area contributed by atoms with Crippen molar-refractivity contribution in [1.29, 1.82) is 0 Å². The van der Waals surface area contributed by atoms with Crippen molar-refractivity contribution in [3.05, 3.63) is 182 Å². The van der Waals surface area contributed by atoms with Crippen LogP contribution in [-0.2, 0) is 9.59 Å². The van der Waals surface area contributed by atoms with Crippen molar-refractivity contribution in [3.63, 3.8) is 0 Å². The van der Waals surface area contributed by atoms with Gasteiger partial charge in [-0.1, -0.05) is 109 Å². The number of rotatable bonds is 16. The second-order valence-electron chi connectivity index (χ2n) is 12.8. The Morgan fingerprint density at radius 3 is 0.704 bits per heavy atom. The van der Waals surface area contributed by atoms with Crippen LogP contribution in [0.3, 0.4) is 0 Å². The first-order valence-corrected chi connectivity index (χ1v) is 21.9. The summed E-state index contributed by atoms with van der Waals surface area (Å²) >= 11 is 0. The highest BCUT2D eigenvalue weighted by molar-refractivity contribution is 7.96. The van der Waals surface area contributed by atoms with Crippen molar-refractivity contribution in [2.45, 2.75) is 38.5 Å². The van der Waals surface area contributed by atoms with E-state index in [0.717, 1.165) is 25.2 Å². The Bertz CT molecular complexity index is 1600. The fourth-order valence-electron chi connectivity index (χ4n) is 7.01. The molecule has 0 amide bonds. The SMILES string of the molecule is O=C(O)CCCC[P+](c1ccccc1)(c1ccccc1)c1ccccc1.O=C(O)CCCC[P+](c1ccccc1)(c1ccccc1)c1ccccc1.[Br-].[Cl-]. The minimum absolute atomic E-state index is 0. The molecule has 54 heavy (non-hydrogen) atoms. The molecule has 0 unspecified atom stereocenters. The predicted molar refractivity (Wildman–Crippen MR) is 223 cm³/mol. The number of carbonyl (C=O) groups is 2. The van der Waals surface area contributed by atoms with Gasteiger partial charge in [0.05, 0.1) is 12.3 Å². The number of aliphatic carboxylic acids is 2. The Labute approximate surface area is 338 Å². The molecule has 0 saturated carbocycles. The zero-order valence-corrected chi connectivity index (χ0v) is 34.5. The standard InChI is InChI=1S/2C23H23O2P.BrH.ClH/c2*24-23(25)18-10-11-19-26(20-12-4-1-5-13-20,21-14-6-2-7-15-21)22-16-8-3-9-17-22;;/h2*1-9,12-17H,10-11,18-19H2;2*1H. The molecule has 0 aliphatic heterocycles. The van der Waals surface area contributed by atoms with Crippen molar-refractivity contribution in [2.75, 3.05) is 12.3 Å². The summed E-state index contributed by atoms with van der Waals surface area (Å²) in [6.45, 7) is 0. The Morgan fingerprint density at radius 2 is 0.537 bits per heavy atom. The van der Waals surface area contributed by atoms with Crippen molar-refractivity contribution >= 4 is 58.3 Å². The molecule has 6 aromatic rings. The maximum Gasteiger partial charge on any atom is 0.303 e. The fourth-order valence-corrected chi connectivity index (χ4v) is 15.8. The molecule has 0 atom stereocenters. The third-order valence-corrected chi connectivity index (χ3v) is 18.5. The number of hydrogen-bond acceptors (Lipinski definition) is 2. The smallest absolute Gasteiger partial charge is 0.303 e. The van der Waals surface area contributed by atoms with Crippen LogP contribution in [0.15, 0.2) is 182 Å². The fraction of sp³-hybridized carbons (Fsp3) is 0.174. The molecule has 280 valence electrons. The van der Waals surface area contributed by atoms with Crippen molar-refractivity contribution in [2.24, 2.45) is 0 Å². The van der Waals surface area contributed by atoms with Crippen LogP contribution in [0.4, 0.5) is 0 Å². The van der Waals surface area contributed by atoms with E-state index >= 15 is 0 Å². The highest BCUT2D eigenvalue weighted by atomic mass is 79.9. The molecular formula is C46H48BrClO4P2. The molecular weight excluding hydrogens is 794 g/mol. The topological polar surface area (TPSA) is 74.6 Å². The number of benzene rings is 6. The van der Waals surface area contributed by atoms with Gasteiger partial charge in [-0.15, -0.1) is 0 Å². The van der Waals surface area contributed by atoms with Gasteiger partial charge in [0.25, 0.3) is 0 Å². The van der Waals surface area contributed by atoms with Crippen LogP contribution < -0.4 is 61.2 Å². The zero-order chi connectivity index (χ0) is 36.5. The molecule has 4 nitrogen and oxygen atoms in total. The summed E-state index contributed by atoms with van der Waals surface area (Å²) in [5.74, 6) is -1.43.